The number of benzene rings is 2. The first-order valence-electron chi connectivity index (χ1n) is 9.19. The third kappa shape index (κ3) is 5.28. The highest BCUT2D eigenvalue weighted by atomic mass is 19.1. The van der Waals surface area contributed by atoms with Crippen molar-refractivity contribution < 1.29 is 18.4 Å². The number of rotatable bonds is 6. The molecule has 2 amide bonds. The van der Waals surface area contributed by atoms with Gasteiger partial charge in [-0.2, -0.15) is 0 Å². The minimum absolute atomic E-state index is 0.0215. The van der Waals surface area contributed by atoms with Gasteiger partial charge < -0.3 is 15.1 Å². The lowest BCUT2D eigenvalue weighted by atomic mass is 10.0. The highest BCUT2D eigenvalue weighted by molar-refractivity contribution is 6.01. The van der Waals surface area contributed by atoms with E-state index in [0.717, 1.165) is 5.56 Å². The van der Waals surface area contributed by atoms with Crippen LogP contribution in [-0.4, -0.2) is 35.3 Å². The molecular formula is C21H23F2N3O2. The Morgan fingerprint density at radius 1 is 1.21 bits per heavy atom. The van der Waals surface area contributed by atoms with Crippen LogP contribution in [0.3, 0.4) is 0 Å². The van der Waals surface area contributed by atoms with Crippen molar-refractivity contribution >= 4 is 11.7 Å². The number of nitrogens with zero attached hydrogens (tertiary/aromatic N) is 2. The Kier molecular flexibility index (Phi) is 6.23. The van der Waals surface area contributed by atoms with E-state index >= 15 is 0 Å². The zero-order valence-corrected chi connectivity index (χ0v) is 15.9. The molecule has 1 unspecified atom stereocenters. The lowest BCUT2D eigenvalue weighted by molar-refractivity contribution is 0.0586. The molecule has 0 fully saturated rings. The van der Waals surface area contributed by atoms with Crippen LogP contribution < -0.4 is 5.32 Å². The molecule has 148 valence electrons. The zero-order valence-electron chi connectivity index (χ0n) is 15.9. The molecule has 2 aromatic carbocycles. The first-order valence-corrected chi connectivity index (χ1v) is 9.19. The van der Waals surface area contributed by atoms with E-state index in [1.807, 2.05) is 13.8 Å². The Morgan fingerprint density at radius 3 is 2.64 bits per heavy atom. The average Bonchev–Trinajstić information content (AvgIpc) is 3.11. The van der Waals surface area contributed by atoms with Crippen LogP contribution in [-0.2, 0) is 11.4 Å². The average molecular weight is 387 g/mol. The predicted octanol–water partition coefficient (Wildman–Crippen LogP) is 4.08. The van der Waals surface area contributed by atoms with Crippen LogP contribution in [0.5, 0.6) is 0 Å². The van der Waals surface area contributed by atoms with Crippen molar-refractivity contribution in [3.63, 3.8) is 0 Å². The number of halogens is 2. The molecule has 0 saturated heterocycles. The number of hydrogen-bond acceptors (Lipinski definition) is 3. The minimum atomic E-state index is -0.336. The Hall–Kier alpha value is -2.96. The van der Waals surface area contributed by atoms with E-state index in [1.165, 1.54) is 24.3 Å². The summed E-state index contributed by atoms with van der Waals surface area (Å²) in [6.07, 6.45) is 0.134. The van der Waals surface area contributed by atoms with Gasteiger partial charge in [0.2, 0.25) is 0 Å². The Bertz CT molecular complexity index is 853. The second kappa shape index (κ2) is 8.82. The van der Waals surface area contributed by atoms with E-state index < -0.39 is 0 Å². The maximum atomic E-state index is 13.4. The first kappa shape index (κ1) is 19.8. The number of oxime groups is 1. The van der Waals surface area contributed by atoms with E-state index in [9.17, 15) is 13.6 Å². The summed E-state index contributed by atoms with van der Waals surface area (Å²) in [6, 6.07) is 12.0. The van der Waals surface area contributed by atoms with Gasteiger partial charge in [0.25, 0.3) is 0 Å². The monoisotopic (exact) mass is 387 g/mol. The molecule has 1 aliphatic heterocycles. The first-order chi connectivity index (χ1) is 13.4. The molecule has 7 heteroatoms. The molecule has 1 N–H and O–H groups in total. The largest absolute Gasteiger partial charge is 0.390 e. The summed E-state index contributed by atoms with van der Waals surface area (Å²) < 4.78 is 26.6. The van der Waals surface area contributed by atoms with Crippen LogP contribution >= 0.6 is 0 Å². The normalized spacial score (nSPS) is 15.9. The molecule has 1 aliphatic rings. The fourth-order valence-corrected chi connectivity index (χ4v) is 2.98. The van der Waals surface area contributed by atoms with E-state index in [1.54, 1.807) is 29.2 Å². The van der Waals surface area contributed by atoms with Gasteiger partial charge >= 0.3 is 6.03 Å². The number of amides is 2. The van der Waals surface area contributed by atoms with Gasteiger partial charge in [0.1, 0.15) is 11.6 Å². The van der Waals surface area contributed by atoms with Gasteiger partial charge in [0, 0.05) is 24.6 Å². The van der Waals surface area contributed by atoms with Gasteiger partial charge in [0.05, 0.1) is 12.3 Å². The molecule has 0 bridgehead atoms. The molecule has 0 aliphatic carbocycles. The highest BCUT2D eigenvalue weighted by Crippen LogP contribution is 2.19. The second-order valence-electron chi connectivity index (χ2n) is 7.09. The van der Waals surface area contributed by atoms with E-state index in [2.05, 4.69) is 10.5 Å². The van der Waals surface area contributed by atoms with Gasteiger partial charge in [0.15, 0.2) is 6.10 Å². The van der Waals surface area contributed by atoms with Gasteiger partial charge in [-0.1, -0.05) is 29.4 Å². The molecule has 28 heavy (non-hydrogen) atoms. The van der Waals surface area contributed by atoms with E-state index in [4.69, 9.17) is 4.84 Å². The summed E-state index contributed by atoms with van der Waals surface area (Å²) in [4.78, 5) is 19.7. The molecule has 2 aromatic rings. The van der Waals surface area contributed by atoms with Crippen molar-refractivity contribution in [1.29, 1.82) is 0 Å². The standard InChI is InChI=1S/C21H23F2N3O2/c1-14(2)24-21(27)26(12-15-6-8-17(22)9-7-15)13-19-11-20(25-28-19)16-4-3-5-18(23)10-16/h3-10,14,19H,11-13H2,1-2H3,(H,24,27). The van der Waals surface area contributed by atoms with Crippen molar-refractivity contribution in [2.75, 3.05) is 6.54 Å². The molecule has 3 rings (SSSR count). The fourth-order valence-electron chi connectivity index (χ4n) is 2.98. The number of urea groups is 1. The smallest absolute Gasteiger partial charge is 0.318 e. The maximum Gasteiger partial charge on any atom is 0.318 e. The van der Waals surface area contributed by atoms with Crippen molar-refractivity contribution in [2.45, 2.75) is 39.0 Å². The van der Waals surface area contributed by atoms with Gasteiger partial charge in [-0.3, -0.25) is 0 Å². The van der Waals surface area contributed by atoms with Crippen LogP contribution in [0, 0.1) is 11.6 Å². The predicted molar refractivity (Wildman–Crippen MR) is 103 cm³/mol. The molecule has 0 aromatic heterocycles. The summed E-state index contributed by atoms with van der Waals surface area (Å²) in [5, 5.41) is 6.93. The maximum absolute atomic E-state index is 13.4. The number of hydrogen-bond donors (Lipinski definition) is 1. The van der Waals surface area contributed by atoms with Crippen molar-refractivity contribution in [2.24, 2.45) is 5.16 Å². The summed E-state index contributed by atoms with van der Waals surface area (Å²) in [5.74, 6) is -0.660. The molecule has 1 atom stereocenters. The Labute approximate surface area is 163 Å². The van der Waals surface area contributed by atoms with E-state index in [-0.39, 0.29) is 29.8 Å². The minimum Gasteiger partial charge on any atom is -0.390 e. The van der Waals surface area contributed by atoms with Gasteiger partial charge in [-0.05, 0) is 43.7 Å². The van der Waals surface area contributed by atoms with Gasteiger partial charge in [-0.15, -0.1) is 0 Å². The summed E-state index contributed by atoms with van der Waals surface area (Å²) >= 11 is 0. The topological polar surface area (TPSA) is 53.9 Å². The molecule has 0 radical (unpaired) electrons. The Morgan fingerprint density at radius 2 is 1.96 bits per heavy atom. The molecular weight excluding hydrogens is 364 g/mol. The number of carbonyl (C=O) groups is 1. The zero-order chi connectivity index (χ0) is 20.1. The van der Waals surface area contributed by atoms with Gasteiger partial charge in [-0.25, -0.2) is 13.6 Å². The summed E-state index contributed by atoms with van der Waals surface area (Å²) in [5.41, 5.74) is 2.12. The molecule has 0 saturated carbocycles. The number of carbonyl (C=O) groups excluding carboxylic acids is 1. The SMILES string of the molecule is CC(C)NC(=O)N(Cc1ccc(F)cc1)CC1CC(c2cccc(F)c2)=NO1. The van der Waals surface area contributed by atoms with Crippen molar-refractivity contribution in [1.82, 2.24) is 10.2 Å². The van der Waals surface area contributed by atoms with Crippen LogP contribution in [0.2, 0.25) is 0 Å². The third-order valence-electron chi connectivity index (χ3n) is 4.30. The summed E-state index contributed by atoms with van der Waals surface area (Å²) in [7, 11) is 0. The van der Waals surface area contributed by atoms with Crippen LogP contribution in [0.25, 0.3) is 0 Å². The molecule has 1 heterocycles. The summed E-state index contributed by atoms with van der Waals surface area (Å²) in [6.45, 7) is 4.38. The quantitative estimate of drug-likeness (QED) is 0.812. The van der Waals surface area contributed by atoms with Crippen molar-refractivity contribution in [3.8, 4) is 0 Å². The van der Waals surface area contributed by atoms with Crippen LogP contribution in [0.15, 0.2) is 53.7 Å². The lowest BCUT2D eigenvalue weighted by Crippen LogP contribution is -2.45. The van der Waals surface area contributed by atoms with Crippen LogP contribution in [0.1, 0.15) is 31.4 Å². The fraction of sp³-hybridized carbons (Fsp3) is 0.333. The van der Waals surface area contributed by atoms with E-state index in [0.29, 0.717) is 30.8 Å². The Balaban J connectivity index is 1.67. The van der Waals surface area contributed by atoms with Crippen molar-refractivity contribution in [3.05, 3.63) is 71.3 Å². The van der Waals surface area contributed by atoms with Crippen LogP contribution in [0.4, 0.5) is 13.6 Å². The lowest BCUT2D eigenvalue weighted by Gasteiger charge is -2.26. The molecule has 5 nitrogen and oxygen atoms in total. The third-order valence-corrected chi connectivity index (χ3v) is 4.30. The molecule has 0 spiro atoms. The number of nitrogens with one attached hydrogen (secondary N) is 1. The highest BCUT2D eigenvalue weighted by Gasteiger charge is 2.27. The second-order valence-corrected chi connectivity index (χ2v) is 7.09.